The maximum atomic E-state index is 12.9. The van der Waals surface area contributed by atoms with Crippen molar-refractivity contribution in [3.63, 3.8) is 0 Å². The van der Waals surface area contributed by atoms with E-state index in [-0.39, 0.29) is 25.2 Å². The standard InChI is InChI=1S/C63H116O5/c1-4-7-10-13-16-19-22-25-28-30-32-34-36-38-41-44-47-50-53-56-62(64)67-60-61(59-66-58-55-52-49-46-43-40-27-24-21-18-15-12-9-6-3)68-63(65)57-54-51-48-45-42-39-37-35-33-31-29-26-23-20-17-14-11-8-5-2/h16,19,25-26,28-29,32,34,61H,4-15,17-18,20-24,27,30-31,33,35-60H2,1-3H3/b19-16-,28-25-,29-26-,34-32-. The van der Waals surface area contributed by atoms with Gasteiger partial charge in [0.05, 0.1) is 6.61 Å². The van der Waals surface area contributed by atoms with Gasteiger partial charge in [-0.05, 0) is 83.5 Å². The Kier molecular flexibility index (Phi) is 57.3. The molecular weight excluding hydrogens is 837 g/mol. The Morgan fingerprint density at radius 1 is 0.324 bits per heavy atom. The molecule has 0 amide bonds. The van der Waals surface area contributed by atoms with E-state index in [1.807, 2.05) is 0 Å². The minimum absolute atomic E-state index is 0.0816. The number of allylic oxidation sites excluding steroid dienone is 8. The summed E-state index contributed by atoms with van der Waals surface area (Å²) in [5.41, 5.74) is 0. The van der Waals surface area contributed by atoms with Gasteiger partial charge in [0.25, 0.3) is 0 Å². The number of carbonyl (C=O) groups is 2. The second-order valence-electron chi connectivity index (χ2n) is 20.3. The molecule has 5 heteroatoms. The van der Waals surface area contributed by atoms with E-state index in [0.717, 1.165) is 57.8 Å². The van der Waals surface area contributed by atoms with Gasteiger partial charge in [0.1, 0.15) is 6.61 Å². The third-order valence-corrected chi connectivity index (χ3v) is 13.3. The minimum atomic E-state index is -0.541. The average molecular weight is 954 g/mol. The molecule has 0 aromatic heterocycles. The molecule has 0 aliphatic carbocycles. The Morgan fingerprint density at radius 2 is 0.618 bits per heavy atom. The van der Waals surface area contributed by atoms with E-state index >= 15 is 0 Å². The lowest BCUT2D eigenvalue weighted by atomic mass is 10.0. The molecule has 0 fully saturated rings. The zero-order valence-corrected chi connectivity index (χ0v) is 45.9. The van der Waals surface area contributed by atoms with Crippen molar-refractivity contribution in [2.75, 3.05) is 19.8 Å². The first-order chi connectivity index (χ1) is 33.6. The van der Waals surface area contributed by atoms with Crippen LogP contribution < -0.4 is 0 Å². The first kappa shape index (κ1) is 65.9. The molecule has 0 radical (unpaired) electrons. The predicted molar refractivity (Wildman–Crippen MR) is 298 cm³/mol. The highest BCUT2D eigenvalue weighted by atomic mass is 16.6. The van der Waals surface area contributed by atoms with Gasteiger partial charge in [-0.15, -0.1) is 0 Å². The summed E-state index contributed by atoms with van der Waals surface area (Å²) in [5, 5.41) is 0. The smallest absolute Gasteiger partial charge is 0.306 e. The topological polar surface area (TPSA) is 61.8 Å². The Bertz CT molecular complexity index is 1120. The highest BCUT2D eigenvalue weighted by Crippen LogP contribution is 2.16. The van der Waals surface area contributed by atoms with Crippen LogP contribution in [0.15, 0.2) is 48.6 Å². The van der Waals surface area contributed by atoms with Crippen molar-refractivity contribution < 1.29 is 23.8 Å². The van der Waals surface area contributed by atoms with Gasteiger partial charge in [-0.2, -0.15) is 0 Å². The molecule has 68 heavy (non-hydrogen) atoms. The summed E-state index contributed by atoms with van der Waals surface area (Å²) >= 11 is 0. The van der Waals surface area contributed by atoms with E-state index in [9.17, 15) is 9.59 Å². The van der Waals surface area contributed by atoms with Gasteiger partial charge in [-0.3, -0.25) is 9.59 Å². The Hall–Kier alpha value is -2.14. The Labute approximate surface area is 424 Å². The van der Waals surface area contributed by atoms with Crippen LogP contribution >= 0.6 is 0 Å². The highest BCUT2D eigenvalue weighted by Gasteiger charge is 2.17. The third-order valence-electron chi connectivity index (χ3n) is 13.3. The van der Waals surface area contributed by atoms with Crippen molar-refractivity contribution in [1.82, 2.24) is 0 Å². The fourth-order valence-corrected chi connectivity index (χ4v) is 8.81. The van der Waals surface area contributed by atoms with Gasteiger partial charge in [-0.1, -0.05) is 268 Å². The molecule has 5 nitrogen and oxygen atoms in total. The summed E-state index contributed by atoms with van der Waals surface area (Å²) in [6.45, 7) is 7.84. The molecular formula is C63H116O5. The number of rotatable bonds is 56. The van der Waals surface area contributed by atoms with Gasteiger partial charge >= 0.3 is 11.9 Å². The number of carbonyl (C=O) groups excluding carboxylic acids is 2. The fourth-order valence-electron chi connectivity index (χ4n) is 8.81. The van der Waals surface area contributed by atoms with Gasteiger partial charge in [-0.25, -0.2) is 0 Å². The fraction of sp³-hybridized carbons (Fsp3) is 0.841. The zero-order chi connectivity index (χ0) is 49.2. The monoisotopic (exact) mass is 953 g/mol. The number of ether oxygens (including phenoxy) is 3. The number of unbranched alkanes of at least 4 members (excludes halogenated alkanes) is 37. The number of hydrogen-bond acceptors (Lipinski definition) is 5. The molecule has 0 aliphatic heterocycles. The van der Waals surface area contributed by atoms with E-state index < -0.39 is 6.10 Å². The molecule has 0 bridgehead atoms. The lowest BCUT2D eigenvalue weighted by molar-refractivity contribution is -0.163. The van der Waals surface area contributed by atoms with E-state index in [2.05, 4.69) is 69.4 Å². The third kappa shape index (κ3) is 56.4. The van der Waals surface area contributed by atoms with Crippen LogP contribution in [0, 0.1) is 0 Å². The molecule has 1 unspecified atom stereocenters. The molecule has 0 N–H and O–H groups in total. The highest BCUT2D eigenvalue weighted by molar-refractivity contribution is 5.70. The van der Waals surface area contributed by atoms with Crippen LogP contribution in [0.4, 0.5) is 0 Å². The molecule has 1 atom stereocenters. The SMILES string of the molecule is CCCCC/C=C\C/C=C\C/C=C\CCCCCCCCC(=O)OCC(COCCCCCCCCCCCCCCCC)OC(=O)CCCCCCCCCCC/C=C\CCCCCCCC. The van der Waals surface area contributed by atoms with Crippen LogP contribution in [-0.4, -0.2) is 37.9 Å². The Morgan fingerprint density at radius 3 is 1.03 bits per heavy atom. The van der Waals surface area contributed by atoms with E-state index in [1.54, 1.807) is 0 Å². The van der Waals surface area contributed by atoms with Crippen molar-refractivity contribution in [3.8, 4) is 0 Å². The lowest BCUT2D eigenvalue weighted by Crippen LogP contribution is -2.30. The number of hydrogen-bond donors (Lipinski definition) is 0. The van der Waals surface area contributed by atoms with Crippen LogP contribution in [-0.2, 0) is 23.8 Å². The zero-order valence-electron chi connectivity index (χ0n) is 45.9. The molecule has 0 spiro atoms. The molecule has 0 heterocycles. The quantitative estimate of drug-likeness (QED) is 0.0345. The van der Waals surface area contributed by atoms with Gasteiger partial charge in [0.15, 0.2) is 6.10 Å². The van der Waals surface area contributed by atoms with Gasteiger partial charge < -0.3 is 14.2 Å². The molecule has 0 aromatic carbocycles. The van der Waals surface area contributed by atoms with Crippen molar-refractivity contribution in [2.45, 2.75) is 322 Å². The molecule has 0 rings (SSSR count). The molecule has 0 saturated carbocycles. The first-order valence-corrected chi connectivity index (χ1v) is 30.2. The lowest BCUT2D eigenvalue weighted by Gasteiger charge is -2.18. The van der Waals surface area contributed by atoms with Crippen molar-refractivity contribution in [3.05, 3.63) is 48.6 Å². The van der Waals surface area contributed by atoms with Crippen LogP contribution in [0.2, 0.25) is 0 Å². The van der Waals surface area contributed by atoms with Gasteiger partial charge in [0.2, 0.25) is 0 Å². The largest absolute Gasteiger partial charge is 0.462 e. The first-order valence-electron chi connectivity index (χ1n) is 30.2. The Balaban J connectivity index is 4.25. The summed E-state index contributed by atoms with van der Waals surface area (Å²) in [6.07, 6.45) is 74.2. The van der Waals surface area contributed by atoms with E-state index in [0.29, 0.717) is 19.4 Å². The number of esters is 2. The van der Waals surface area contributed by atoms with Crippen molar-refractivity contribution in [1.29, 1.82) is 0 Å². The maximum absolute atomic E-state index is 12.9. The molecule has 0 saturated heterocycles. The maximum Gasteiger partial charge on any atom is 0.306 e. The minimum Gasteiger partial charge on any atom is -0.462 e. The second kappa shape index (κ2) is 59.2. The van der Waals surface area contributed by atoms with Crippen LogP contribution in [0.3, 0.4) is 0 Å². The van der Waals surface area contributed by atoms with E-state index in [4.69, 9.17) is 14.2 Å². The van der Waals surface area contributed by atoms with Crippen LogP contribution in [0.1, 0.15) is 316 Å². The molecule has 0 aromatic rings. The average Bonchev–Trinajstić information content (AvgIpc) is 3.34. The van der Waals surface area contributed by atoms with Crippen LogP contribution in [0.25, 0.3) is 0 Å². The van der Waals surface area contributed by atoms with Crippen molar-refractivity contribution in [2.24, 2.45) is 0 Å². The second-order valence-corrected chi connectivity index (χ2v) is 20.3. The molecule has 0 aliphatic rings. The normalized spacial score (nSPS) is 12.5. The summed E-state index contributed by atoms with van der Waals surface area (Å²) in [5.74, 6) is -0.396. The van der Waals surface area contributed by atoms with E-state index in [1.165, 1.54) is 225 Å². The summed E-state index contributed by atoms with van der Waals surface area (Å²) in [4.78, 5) is 25.6. The van der Waals surface area contributed by atoms with Crippen LogP contribution in [0.5, 0.6) is 0 Å². The van der Waals surface area contributed by atoms with Crippen molar-refractivity contribution >= 4 is 11.9 Å². The summed E-state index contributed by atoms with van der Waals surface area (Å²) < 4.78 is 17.5. The predicted octanol–water partition coefficient (Wildman–Crippen LogP) is 20.7. The summed E-state index contributed by atoms with van der Waals surface area (Å²) in [7, 11) is 0. The molecule has 398 valence electrons. The van der Waals surface area contributed by atoms with Gasteiger partial charge in [0, 0.05) is 19.4 Å². The summed E-state index contributed by atoms with van der Waals surface area (Å²) in [6, 6.07) is 0.